The van der Waals surface area contributed by atoms with E-state index in [0.29, 0.717) is 0 Å². The highest BCUT2D eigenvalue weighted by atomic mass is 32.1. The summed E-state index contributed by atoms with van der Waals surface area (Å²) in [6.45, 7) is 0. The first-order chi connectivity index (χ1) is 6.78. The van der Waals surface area contributed by atoms with Gasteiger partial charge in [-0.2, -0.15) is 0 Å². The maximum atomic E-state index is 6.06. The molecule has 2 aromatic rings. The first-order valence-corrected chi connectivity index (χ1v) is 5.43. The van der Waals surface area contributed by atoms with Crippen LogP contribution in [0.25, 0.3) is 10.6 Å². The second-order valence-corrected chi connectivity index (χ2v) is 4.56. The van der Waals surface area contributed by atoms with Crippen LogP contribution < -0.4 is 5.73 Å². The molecular formula is C10H10N2OS. The third-order valence-electron chi connectivity index (χ3n) is 2.57. The van der Waals surface area contributed by atoms with E-state index < -0.39 is 0 Å². The lowest BCUT2D eigenvalue weighted by molar-refractivity contribution is 0.568. The van der Waals surface area contributed by atoms with Gasteiger partial charge in [0.25, 0.3) is 0 Å². The molecule has 0 amide bonds. The number of nitrogens with zero attached hydrogens (tertiary/aromatic N) is 1. The molecule has 14 heavy (non-hydrogen) atoms. The van der Waals surface area contributed by atoms with Gasteiger partial charge in [-0.1, -0.05) is 0 Å². The fourth-order valence-electron chi connectivity index (χ4n) is 1.41. The quantitative estimate of drug-likeness (QED) is 0.820. The number of furan rings is 1. The molecule has 4 heteroatoms. The molecule has 0 bridgehead atoms. The highest BCUT2D eigenvalue weighted by Gasteiger charge is 2.42. The van der Waals surface area contributed by atoms with Crippen LogP contribution in [0.3, 0.4) is 0 Å². The van der Waals surface area contributed by atoms with Gasteiger partial charge in [-0.25, -0.2) is 4.98 Å². The van der Waals surface area contributed by atoms with Crippen LogP contribution in [-0.4, -0.2) is 4.98 Å². The molecule has 1 aliphatic rings. The van der Waals surface area contributed by atoms with Crippen molar-refractivity contribution in [2.45, 2.75) is 18.4 Å². The molecular weight excluding hydrogens is 196 g/mol. The predicted molar refractivity (Wildman–Crippen MR) is 54.9 cm³/mol. The Morgan fingerprint density at radius 2 is 2.36 bits per heavy atom. The SMILES string of the molecule is NC1(c2csc(-c3ccoc3)n2)CC1. The number of hydrogen-bond donors (Lipinski definition) is 1. The summed E-state index contributed by atoms with van der Waals surface area (Å²) >= 11 is 1.62. The third-order valence-corrected chi connectivity index (χ3v) is 3.46. The van der Waals surface area contributed by atoms with E-state index in [0.717, 1.165) is 29.1 Å². The van der Waals surface area contributed by atoms with Gasteiger partial charge in [-0.05, 0) is 18.9 Å². The van der Waals surface area contributed by atoms with Crippen LogP contribution in [0.15, 0.2) is 28.4 Å². The van der Waals surface area contributed by atoms with Gasteiger partial charge in [0.2, 0.25) is 0 Å². The van der Waals surface area contributed by atoms with Gasteiger partial charge in [0.1, 0.15) is 11.3 Å². The molecule has 0 aromatic carbocycles. The van der Waals surface area contributed by atoms with E-state index >= 15 is 0 Å². The van der Waals surface area contributed by atoms with Gasteiger partial charge in [0.15, 0.2) is 0 Å². The van der Waals surface area contributed by atoms with Crippen molar-refractivity contribution in [2.75, 3.05) is 0 Å². The number of thiazole rings is 1. The van der Waals surface area contributed by atoms with Crippen LogP contribution in [0.4, 0.5) is 0 Å². The molecule has 0 saturated heterocycles. The van der Waals surface area contributed by atoms with Crippen LogP contribution >= 0.6 is 11.3 Å². The second kappa shape index (κ2) is 2.68. The minimum atomic E-state index is -0.127. The standard InChI is InChI=1S/C10H10N2OS/c11-10(2-3-10)8-6-14-9(12-8)7-1-4-13-5-7/h1,4-6H,2-3,11H2. The zero-order valence-electron chi connectivity index (χ0n) is 7.56. The first-order valence-electron chi connectivity index (χ1n) is 4.55. The van der Waals surface area contributed by atoms with Gasteiger partial charge in [0.05, 0.1) is 17.5 Å². The van der Waals surface area contributed by atoms with Crippen LogP contribution in [-0.2, 0) is 5.54 Å². The van der Waals surface area contributed by atoms with Crippen LogP contribution in [0.1, 0.15) is 18.5 Å². The van der Waals surface area contributed by atoms with E-state index in [1.165, 1.54) is 0 Å². The van der Waals surface area contributed by atoms with Gasteiger partial charge < -0.3 is 10.2 Å². The lowest BCUT2D eigenvalue weighted by Gasteiger charge is -2.01. The Balaban J connectivity index is 1.98. The zero-order chi connectivity index (χ0) is 9.60. The molecule has 0 spiro atoms. The van der Waals surface area contributed by atoms with Crippen LogP contribution in [0.2, 0.25) is 0 Å². The predicted octanol–water partition coefficient (Wildman–Crippen LogP) is 2.35. The summed E-state index contributed by atoms with van der Waals surface area (Å²) in [4.78, 5) is 4.52. The van der Waals surface area contributed by atoms with E-state index in [2.05, 4.69) is 10.4 Å². The van der Waals surface area contributed by atoms with Gasteiger partial charge in [0, 0.05) is 10.9 Å². The van der Waals surface area contributed by atoms with Crippen molar-refractivity contribution in [2.24, 2.45) is 5.73 Å². The average Bonchev–Trinajstić information content (AvgIpc) is 2.73. The van der Waals surface area contributed by atoms with E-state index in [9.17, 15) is 0 Å². The molecule has 1 aliphatic carbocycles. The Morgan fingerprint density at radius 3 is 3.00 bits per heavy atom. The Bertz CT molecular complexity index is 442. The highest BCUT2D eigenvalue weighted by Crippen LogP contribution is 2.43. The van der Waals surface area contributed by atoms with Gasteiger partial charge in [-0.3, -0.25) is 0 Å². The van der Waals surface area contributed by atoms with Crippen LogP contribution in [0, 0.1) is 0 Å². The average molecular weight is 206 g/mol. The third kappa shape index (κ3) is 1.19. The number of aromatic nitrogens is 1. The molecule has 3 rings (SSSR count). The summed E-state index contributed by atoms with van der Waals surface area (Å²) in [6.07, 6.45) is 5.48. The largest absolute Gasteiger partial charge is 0.472 e. The molecule has 0 unspecified atom stereocenters. The Morgan fingerprint density at radius 1 is 1.50 bits per heavy atom. The molecule has 72 valence electrons. The first kappa shape index (κ1) is 8.20. The zero-order valence-corrected chi connectivity index (χ0v) is 8.38. The fourth-order valence-corrected chi connectivity index (χ4v) is 2.33. The summed E-state index contributed by atoms with van der Waals surface area (Å²) in [5.74, 6) is 0. The van der Waals surface area contributed by atoms with Crippen molar-refractivity contribution >= 4 is 11.3 Å². The molecule has 3 nitrogen and oxygen atoms in total. The summed E-state index contributed by atoms with van der Waals surface area (Å²) in [5, 5.41) is 3.04. The lowest BCUT2D eigenvalue weighted by atomic mass is 10.2. The summed E-state index contributed by atoms with van der Waals surface area (Å²) < 4.78 is 5.01. The van der Waals surface area contributed by atoms with Crippen molar-refractivity contribution in [1.82, 2.24) is 4.98 Å². The van der Waals surface area contributed by atoms with Crippen molar-refractivity contribution in [3.8, 4) is 10.6 Å². The molecule has 2 N–H and O–H groups in total. The smallest absolute Gasteiger partial charge is 0.126 e. The van der Waals surface area contributed by atoms with E-state index in [1.807, 2.05) is 6.07 Å². The molecule has 2 aromatic heterocycles. The Kier molecular flexibility index (Phi) is 1.57. The number of rotatable bonds is 2. The number of hydrogen-bond acceptors (Lipinski definition) is 4. The summed E-state index contributed by atoms with van der Waals surface area (Å²) in [7, 11) is 0. The normalized spacial score (nSPS) is 18.4. The van der Waals surface area contributed by atoms with Crippen molar-refractivity contribution in [3.63, 3.8) is 0 Å². The molecule has 1 fully saturated rings. The maximum Gasteiger partial charge on any atom is 0.126 e. The Hall–Kier alpha value is -1.13. The minimum Gasteiger partial charge on any atom is -0.472 e. The minimum absolute atomic E-state index is 0.127. The monoisotopic (exact) mass is 206 g/mol. The van der Waals surface area contributed by atoms with Crippen LogP contribution in [0.5, 0.6) is 0 Å². The summed E-state index contributed by atoms with van der Waals surface area (Å²) in [6, 6.07) is 1.92. The van der Waals surface area contributed by atoms with Crippen molar-refractivity contribution in [1.29, 1.82) is 0 Å². The van der Waals surface area contributed by atoms with E-state index in [1.54, 1.807) is 23.9 Å². The van der Waals surface area contributed by atoms with Gasteiger partial charge >= 0.3 is 0 Å². The second-order valence-electron chi connectivity index (χ2n) is 3.71. The molecule has 2 heterocycles. The van der Waals surface area contributed by atoms with Crippen molar-refractivity contribution in [3.05, 3.63) is 29.7 Å². The number of nitrogens with two attached hydrogens (primary N) is 1. The topological polar surface area (TPSA) is 52.0 Å². The van der Waals surface area contributed by atoms with E-state index in [4.69, 9.17) is 10.2 Å². The van der Waals surface area contributed by atoms with Crippen molar-refractivity contribution < 1.29 is 4.42 Å². The highest BCUT2D eigenvalue weighted by molar-refractivity contribution is 7.13. The fraction of sp³-hybridized carbons (Fsp3) is 0.300. The molecule has 0 aliphatic heterocycles. The molecule has 1 saturated carbocycles. The van der Waals surface area contributed by atoms with Gasteiger partial charge in [-0.15, -0.1) is 11.3 Å². The molecule has 0 radical (unpaired) electrons. The van der Waals surface area contributed by atoms with E-state index in [-0.39, 0.29) is 5.54 Å². The lowest BCUT2D eigenvalue weighted by Crippen LogP contribution is -2.18. The molecule has 0 atom stereocenters. The summed E-state index contributed by atoms with van der Waals surface area (Å²) in [5.41, 5.74) is 7.99. The maximum absolute atomic E-state index is 6.06. The Labute approximate surface area is 85.6 Å².